The van der Waals surface area contributed by atoms with Crippen molar-refractivity contribution in [2.24, 2.45) is 0 Å². The van der Waals surface area contributed by atoms with Gasteiger partial charge in [-0.15, -0.1) is 0 Å². The number of halogens is 1. The van der Waals surface area contributed by atoms with E-state index in [1.54, 1.807) is 24.3 Å². The van der Waals surface area contributed by atoms with E-state index in [0.29, 0.717) is 34.1 Å². The van der Waals surface area contributed by atoms with Crippen LogP contribution >= 0.6 is 11.6 Å². The molecule has 2 aromatic carbocycles. The first-order chi connectivity index (χ1) is 12.4. The molecule has 7 nitrogen and oxygen atoms in total. The molecule has 0 saturated heterocycles. The minimum atomic E-state index is -0.459. The molecule has 0 aromatic heterocycles. The van der Waals surface area contributed by atoms with Gasteiger partial charge >= 0.3 is 0 Å². The van der Waals surface area contributed by atoms with Crippen LogP contribution in [0.15, 0.2) is 36.4 Å². The Bertz CT molecular complexity index is 811. The van der Waals surface area contributed by atoms with Gasteiger partial charge in [-0.25, -0.2) is 0 Å². The number of carbonyl (C=O) groups excluding carboxylic acids is 1. The lowest BCUT2D eigenvalue weighted by atomic mass is 10.1. The third-order valence-electron chi connectivity index (χ3n) is 3.67. The molecule has 0 aliphatic carbocycles. The van der Waals surface area contributed by atoms with Crippen LogP contribution in [0.2, 0.25) is 5.02 Å². The zero-order chi connectivity index (χ0) is 19.1. The van der Waals surface area contributed by atoms with Crippen molar-refractivity contribution in [3.63, 3.8) is 0 Å². The predicted octanol–water partition coefficient (Wildman–Crippen LogP) is 4.61. The van der Waals surface area contributed by atoms with Gasteiger partial charge in [0, 0.05) is 36.3 Å². The van der Waals surface area contributed by atoms with Crippen LogP contribution in [0, 0.1) is 10.1 Å². The molecule has 1 amide bonds. The number of methoxy groups -OCH3 is 1. The molecule has 0 heterocycles. The number of hydrogen-bond acceptors (Lipinski definition) is 5. The average molecular weight is 378 g/mol. The second kappa shape index (κ2) is 9.05. The SMILES string of the molecule is CCCC(=O)Nc1ccc(Cl)c(NCc2cc([N+](=O)[O-])ccc2OC)c1. The Labute approximate surface area is 156 Å². The molecule has 0 spiro atoms. The molecule has 2 aromatic rings. The van der Waals surface area contributed by atoms with Gasteiger partial charge in [0.05, 0.1) is 22.7 Å². The molecule has 0 fully saturated rings. The Morgan fingerprint density at radius 2 is 2.04 bits per heavy atom. The van der Waals surface area contributed by atoms with E-state index in [1.165, 1.54) is 19.2 Å². The summed E-state index contributed by atoms with van der Waals surface area (Å²) in [6.45, 7) is 2.21. The monoisotopic (exact) mass is 377 g/mol. The highest BCUT2D eigenvalue weighted by molar-refractivity contribution is 6.33. The first-order valence-corrected chi connectivity index (χ1v) is 8.47. The molecular formula is C18H20ClN3O4. The van der Waals surface area contributed by atoms with Crippen molar-refractivity contribution in [3.05, 3.63) is 57.1 Å². The molecule has 0 saturated carbocycles. The summed E-state index contributed by atoms with van der Waals surface area (Å²) in [5.41, 5.74) is 1.84. The number of nitro benzene ring substituents is 1. The highest BCUT2D eigenvalue weighted by Gasteiger charge is 2.12. The van der Waals surface area contributed by atoms with E-state index >= 15 is 0 Å². The molecule has 0 bridgehead atoms. The summed E-state index contributed by atoms with van der Waals surface area (Å²) >= 11 is 6.20. The molecule has 138 valence electrons. The molecule has 0 aliphatic heterocycles. The van der Waals surface area contributed by atoms with Crippen LogP contribution in [0.25, 0.3) is 0 Å². The summed E-state index contributed by atoms with van der Waals surface area (Å²) in [5.74, 6) is 0.466. The van der Waals surface area contributed by atoms with E-state index in [-0.39, 0.29) is 18.1 Å². The van der Waals surface area contributed by atoms with Gasteiger partial charge in [-0.2, -0.15) is 0 Å². The number of nitrogens with one attached hydrogen (secondary N) is 2. The van der Waals surface area contributed by atoms with Crippen molar-refractivity contribution < 1.29 is 14.5 Å². The van der Waals surface area contributed by atoms with Gasteiger partial charge in [0.2, 0.25) is 5.91 Å². The largest absolute Gasteiger partial charge is 0.496 e. The maximum Gasteiger partial charge on any atom is 0.270 e. The quantitative estimate of drug-likeness (QED) is 0.517. The third kappa shape index (κ3) is 5.10. The van der Waals surface area contributed by atoms with Gasteiger partial charge in [0.25, 0.3) is 5.69 Å². The molecule has 26 heavy (non-hydrogen) atoms. The van der Waals surface area contributed by atoms with Crippen LogP contribution in [0.4, 0.5) is 17.1 Å². The summed E-state index contributed by atoms with van der Waals surface area (Å²) in [6, 6.07) is 9.51. The summed E-state index contributed by atoms with van der Waals surface area (Å²) < 4.78 is 5.25. The number of nitro groups is 1. The number of amides is 1. The maximum atomic E-state index is 11.7. The molecule has 2 N–H and O–H groups in total. The first-order valence-electron chi connectivity index (χ1n) is 8.09. The van der Waals surface area contributed by atoms with Crippen LogP contribution in [-0.2, 0) is 11.3 Å². The molecule has 0 aliphatic rings. The standard InChI is InChI=1S/C18H20ClN3O4/c1-3-4-18(23)21-13-5-7-15(19)16(10-13)20-11-12-9-14(22(24)25)6-8-17(12)26-2/h5-10,20H,3-4,11H2,1-2H3,(H,21,23). The summed E-state index contributed by atoms with van der Waals surface area (Å²) in [6.07, 6.45) is 1.20. The molecular weight excluding hydrogens is 358 g/mol. The van der Waals surface area contributed by atoms with E-state index in [2.05, 4.69) is 10.6 Å². The lowest BCUT2D eigenvalue weighted by Gasteiger charge is -2.13. The van der Waals surface area contributed by atoms with Crippen molar-refractivity contribution in [2.45, 2.75) is 26.3 Å². The lowest BCUT2D eigenvalue weighted by molar-refractivity contribution is -0.384. The van der Waals surface area contributed by atoms with Crippen LogP contribution in [-0.4, -0.2) is 17.9 Å². The zero-order valence-corrected chi connectivity index (χ0v) is 15.3. The molecule has 0 radical (unpaired) electrons. The topological polar surface area (TPSA) is 93.5 Å². The lowest BCUT2D eigenvalue weighted by Crippen LogP contribution is -2.11. The summed E-state index contributed by atoms with van der Waals surface area (Å²) in [7, 11) is 1.50. The molecule has 0 unspecified atom stereocenters. The second-order valence-electron chi connectivity index (χ2n) is 5.60. The fraction of sp³-hybridized carbons (Fsp3) is 0.278. The first kappa shape index (κ1) is 19.5. The van der Waals surface area contributed by atoms with Gasteiger partial charge in [0.1, 0.15) is 5.75 Å². The van der Waals surface area contributed by atoms with Crippen LogP contribution < -0.4 is 15.4 Å². The van der Waals surface area contributed by atoms with E-state index in [9.17, 15) is 14.9 Å². The average Bonchev–Trinajstić information content (AvgIpc) is 2.62. The van der Waals surface area contributed by atoms with Gasteiger partial charge in [-0.05, 0) is 30.7 Å². The van der Waals surface area contributed by atoms with Crippen LogP contribution in [0.1, 0.15) is 25.3 Å². The summed E-state index contributed by atoms with van der Waals surface area (Å²) in [5, 5.41) is 17.4. The Morgan fingerprint density at radius 1 is 1.27 bits per heavy atom. The Kier molecular flexibility index (Phi) is 6.80. The Morgan fingerprint density at radius 3 is 2.69 bits per heavy atom. The van der Waals surface area contributed by atoms with E-state index in [1.807, 2.05) is 6.92 Å². The predicted molar refractivity (Wildman–Crippen MR) is 102 cm³/mol. The van der Waals surface area contributed by atoms with Crippen molar-refractivity contribution in [1.82, 2.24) is 0 Å². The highest BCUT2D eigenvalue weighted by atomic mass is 35.5. The molecule has 2 rings (SSSR count). The molecule has 0 atom stereocenters. The van der Waals surface area contributed by atoms with Crippen molar-refractivity contribution in [3.8, 4) is 5.75 Å². The minimum Gasteiger partial charge on any atom is -0.496 e. The van der Waals surface area contributed by atoms with Crippen LogP contribution in [0.3, 0.4) is 0 Å². The van der Waals surface area contributed by atoms with E-state index < -0.39 is 4.92 Å². The highest BCUT2D eigenvalue weighted by Crippen LogP contribution is 2.29. The maximum absolute atomic E-state index is 11.7. The van der Waals surface area contributed by atoms with Crippen molar-refractivity contribution in [1.29, 1.82) is 0 Å². The van der Waals surface area contributed by atoms with E-state index in [0.717, 1.165) is 6.42 Å². The fourth-order valence-corrected chi connectivity index (χ4v) is 2.58. The smallest absolute Gasteiger partial charge is 0.270 e. The van der Waals surface area contributed by atoms with Gasteiger partial charge in [-0.3, -0.25) is 14.9 Å². The Hall–Kier alpha value is -2.80. The number of hydrogen-bond donors (Lipinski definition) is 2. The van der Waals surface area contributed by atoms with Gasteiger partial charge in [0.15, 0.2) is 0 Å². The third-order valence-corrected chi connectivity index (χ3v) is 4.00. The van der Waals surface area contributed by atoms with E-state index in [4.69, 9.17) is 16.3 Å². The van der Waals surface area contributed by atoms with Gasteiger partial charge in [-0.1, -0.05) is 18.5 Å². The number of carbonyl (C=O) groups is 1. The Balaban J connectivity index is 2.17. The number of benzene rings is 2. The molecule has 8 heteroatoms. The van der Waals surface area contributed by atoms with Crippen molar-refractivity contribution >= 4 is 34.6 Å². The fourth-order valence-electron chi connectivity index (χ4n) is 2.40. The minimum absolute atomic E-state index is 0.0192. The number of nitrogens with zero attached hydrogens (tertiary/aromatic N) is 1. The summed E-state index contributed by atoms with van der Waals surface area (Å²) in [4.78, 5) is 22.2. The number of rotatable bonds is 8. The number of non-ortho nitro benzene ring substituents is 1. The normalized spacial score (nSPS) is 10.3. The van der Waals surface area contributed by atoms with Crippen molar-refractivity contribution in [2.75, 3.05) is 17.7 Å². The van der Waals surface area contributed by atoms with Crippen LogP contribution in [0.5, 0.6) is 5.75 Å². The van der Waals surface area contributed by atoms with Gasteiger partial charge < -0.3 is 15.4 Å². The number of ether oxygens (including phenoxy) is 1. The number of anilines is 2. The second-order valence-corrected chi connectivity index (χ2v) is 6.01. The zero-order valence-electron chi connectivity index (χ0n) is 14.5.